The maximum Gasteiger partial charge on any atom is 0.303 e. The largest absolute Gasteiger partial charge is 0.481 e. The van der Waals surface area contributed by atoms with E-state index in [9.17, 15) is 9.59 Å². The summed E-state index contributed by atoms with van der Waals surface area (Å²) in [6.07, 6.45) is 0.507. The molecular formula is C6H11NO3. The Kier molecular flexibility index (Phi) is 3.64. The van der Waals surface area contributed by atoms with Gasteiger partial charge in [0.15, 0.2) is 0 Å². The normalized spacial score (nSPS) is 15.8. The molecule has 0 spiro atoms. The van der Waals surface area contributed by atoms with E-state index in [4.69, 9.17) is 10.8 Å². The molecule has 0 rings (SSSR count). The van der Waals surface area contributed by atoms with Crippen molar-refractivity contribution in [3.63, 3.8) is 0 Å². The van der Waals surface area contributed by atoms with Crippen LogP contribution in [-0.2, 0) is 9.59 Å². The van der Waals surface area contributed by atoms with E-state index < -0.39 is 12.0 Å². The number of carbonyl (C=O) groups is 2. The van der Waals surface area contributed by atoms with Crippen LogP contribution < -0.4 is 5.73 Å². The molecule has 4 heteroatoms. The fourth-order valence-corrected chi connectivity index (χ4v) is 0.546. The number of rotatable bonds is 4. The number of hydrogen-bond acceptors (Lipinski definition) is 3. The molecule has 0 aliphatic rings. The summed E-state index contributed by atoms with van der Waals surface area (Å²) in [5.74, 6) is -1.21. The molecule has 0 aromatic carbocycles. The summed E-state index contributed by atoms with van der Waals surface area (Å²) in [5, 5.41) is 8.26. The minimum Gasteiger partial charge on any atom is -0.481 e. The van der Waals surface area contributed by atoms with Crippen molar-refractivity contribution < 1.29 is 14.7 Å². The van der Waals surface area contributed by atoms with E-state index in [1.54, 1.807) is 6.92 Å². The van der Waals surface area contributed by atoms with Gasteiger partial charge in [0.2, 0.25) is 0 Å². The highest BCUT2D eigenvalue weighted by Crippen LogP contribution is 2.03. The van der Waals surface area contributed by atoms with Crippen molar-refractivity contribution in [2.75, 3.05) is 0 Å². The Morgan fingerprint density at radius 1 is 1.80 bits per heavy atom. The van der Waals surface area contributed by atoms with Gasteiger partial charge in [0.25, 0.3) is 0 Å². The summed E-state index contributed by atoms with van der Waals surface area (Å²) in [6.45, 7) is 1.63. The maximum absolute atomic E-state index is 10.1. The Morgan fingerprint density at radius 2 is 2.30 bits per heavy atom. The van der Waals surface area contributed by atoms with Gasteiger partial charge in [-0.2, -0.15) is 0 Å². The first kappa shape index (κ1) is 9.10. The molecule has 4 nitrogen and oxygen atoms in total. The van der Waals surface area contributed by atoms with Crippen LogP contribution in [0.5, 0.6) is 0 Å². The average molecular weight is 145 g/mol. The lowest BCUT2D eigenvalue weighted by Gasteiger charge is -2.10. The lowest BCUT2D eigenvalue weighted by molar-refractivity contribution is -0.138. The Labute approximate surface area is 59.0 Å². The van der Waals surface area contributed by atoms with Crippen molar-refractivity contribution in [2.45, 2.75) is 19.4 Å². The minimum absolute atomic E-state index is 0.0556. The summed E-state index contributed by atoms with van der Waals surface area (Å²) in [6, 6.07) is -0.656. The molecule has 0 amide bonds. The molecule has 0 radical (unpaired) electrons. The molecule has 0 aliphatic heterocycles. The van der Waals surface area contributed by atoms with Crippen LogP contribution in [0.25, 0.3) is 0 Å². The number of aldehydes is 1. The number of aliphatic carboxylic acids is 1. The first-order valence-corrected chi connectivity index (χ1v) is 3.00. The molecule has 2 atom stereocenters. The smallest absolute Gasteiger partial charge is 0.303 e. The monoisotopic (exact) mass is 145 g/mol. The zero-order chi connectivity index (χ0) is 8.15. The molecule has 58 valence electrons. The molecule has 0 bridgehead atoms. The maximum atomic E-state index is 10.1. The van der Waals surface area contributed by atoms with Crippen molar-refractivity contribution in [3.8, 4) is 0 Å². The van der Waals surface area contributed by atoms with Crippen LogP contribution >= 0.6 is 0 Å². The van der Waals surface area contributed by atoms with Gasteiger partial charge in [-0.25, -0.2) is 0 Å². The first-order chi connectivity index (χ1) is 4.57. The van der Waals surface area contributed by atoms with Crippen LogP contribution in [0.4, 0.5) is 0 Å². The lowest BCUT2D eigenvalue weighted by Crippen LogP contribution is -2.31. The third-order valence-corrected chi connectivity index (χ3v) is 1.31. The van der Waals surface area contributed by atoms with E-state index in [0.29, 0.717) is 6.29 Å². The van der Waals surface area contributed by atoms with E-state index >= 15 is 0 Å². The van der Waals surface area contributed by atoms with Crippen LogP contribution in [0.15, 0.2) is 0 Å². The van der Waals surface area contributed by atoms with Gasteiger partial charge in [-0.15, -0.1) is 0 Å². The second kappa shape index (κ2) is 4.00. The summed E-state index contributed by atoms with van der Waals surface area (Å²) in [5.41, 5.74) is 5.23. The highest BCUT2D eigenvalue weighted by molar-refractivity contribution is 5.68. The Hall–Kier alpha value is -0.900. The van der Waals surface area contributed by atoms with Crippen molar-refractivity contribution >= 4 is 12.3 Å². The van der Waals surface area contributed by atoms with Crippen molar-refractivity contribution in [1.82, 2.24) is 0 Å². The van der Waals surface area contributed by atoms with E-state index in [-0.39, 0.29) is 12.3 Å². The molecule has 3 N–H and O–H groups in total. The van der Waals surface area contributed by atoms with Gasteiger partial charge in [-0.05, 0) is 5.92 Å². The second-order valence-corrected chi connectivity index (χ2v) is 2.29. The van der Waals surface area contributed by atoms with Crippen molar-refractivity contribution in [1.29, 1.82) is 0 Å². The minimum atomic E-state index is -0.926. The molecule has 0 fully saturated rings. The first-order valence-electron chi connectivity index (χ1n) is 3.00. The third kappa shape index (κ3) is 3.19. The number of carboxylic acid groups (broad SMARTS) is 1. The van der Waals surface area contributed by atoms with Gasteiger partial charge in [0.05, 0.1) is 6.04 Å². The summed E-state index contributed by atoms with van der Waals surface area (Å²) >= 11 is 0. The molecule has 0 unspecified atom stereocenters. The van der Waals surface area contributed by atoms with E-state index in [1.165, 1.54) is 0 Å². The highest BCUT2D eigenvalue weighted by atomic mass is 16.4. The number of nitrogens with two attached hydrogens (primary N) is 1. The number of carboxylic acids is 1. The zero-order valence-corrected chi connectivity index (χ0v) is 5.78. The molecule has 0 saturated carbocycles. The molecule has 0 aromatic heterocycles. The SMILES string of the molecule is C[C@H](CC(=O)O)[C@H](N)C=O. The van der Waals surface area contributed by atoms with Crippen LogP contribution in [0.2, 0.25) is 0 Å². The van der Waals surface area contributed by atoms with Gasteiger partial charge in [-0.3, -0.25) is 4.79 Å². The Bertz CT molecular complexity index is 135. The van der Waals surface area contributed by atoms with Gasteiger partial charge >= 0.3 is 5.97 Å². The lowest BCUT2D eigenvalue weighted by atomic mass is 10.0. The summed E-state index contributed by atoms with van der Waals surface area (Å²) in [4.78, 5) is 20.1. The average Bonchev–Trinajstić information content (AvgIpc) is 1.85. The molecule has 0 heterocycles. The quantitative estimate of drug-likeness (QED) is 0.528. The van der Waals surface area contributed by atoms with Crippen LogP contribution in [0.3, 0.4) is 0 Å². The van der Waals surface area contributed by atoms with E-state index in [1.807, 2.05) is 0 Å². The molecule has 0 aromatic rings. The van der Waals surface area contributed by atoms with Crippen LogP contribution in [0, 0.1) is 5.92 Å². The molecule has 0 aliphatic carbocycles. The van der Waals surface area contributed by atoms with E-state index in [0.717, 1.165) is 0 Å². The number of hydrogen-bond donors (Lipinski definition) is 2. The van der Waals surface area contributed by atoms with Crippen LogP contribution in [0.1, 0.15) is 13.3 Å². The van der Waals surface area contributed by atoms with Gasteiger partial charge in [0.1, 0.15) is 6.29 Å². The number of carbonyl (C=O) groups excluding carboxylic acids is 1. The molecule has 10 heavy (non-hydrogen) atoms. The zero-order valence-electron chi connectivity index (χ0n) is 5.78. The third-order valence-electron chi connectivity index (χ3n) is 1.31. The predicted molar refractivity (Wildman–Crippen MR) is 35.5 cm³/mol. The fourth-order valence-electron chi connectivity index (χ4n) is 0.546. The van der Waals surface area contributed by atoms with Crippen LogP contribution in [-0.4, -0.2) is 23.4 Å². The summed E-state index contributed by atoms with van der Waals surface area (Å²) < 4.78 is 0. The van der Waals surface area contributed by atoms with E-state index in [2.05, 4.69) is 0 Å². The second-order valence-electron chi connectivity index (χ2n) is 2.29. The van der Waals surface area contributed by atoms with Gasteiger partial charge in [0, 0.05) is 6.42 Å². The fraction of sp³-hybridized carbons (Fsp3) is 0.667. The standard InChI is InChI=1S/C6H11NO3/c1-4(2-6(9)10)5(7)3-8/h3-5H,2,7H2,1H3,(H,9,10)/t4-,5-/m1/s1. The van der Waals surface area contributed by atoms with Crippen molar-refractivity contribution in [3.05, 3.63) is 0 Å². The van der Waals surface area contributed by atoms with Gasteiger partial charge < -0.3 is 15.6 Å². The Morgan fingerprint density at radius 3 is 2.60 bits per heavy atom. The summed E-state index contributed by atoms with van der Waals surface area (Å²) in [7, 11) is 0. The molecule has 0 saturated heterocycles. The van der Waals surface area contributed by atoms with Crippen molar-refractivity contribution in [2.24, 2.45) is 11.7 Å². The highest BCUT2D eigenvalue weighted by Gasteiger charge is 2.14. The van der Waals surface area contributed by atoms with Gasteiger partial charge in [-0.1, -0.05) is 6.92 Å². The predicted octanol–water partition coefficient (Wildman–Crippen LogP) is -0.377. The Balaban J connectivity index is 3.71. The topological polar surface area (TPSA) is 80.4 Å². The molecular weight excluding hydrogens is 134 g/mol.